The number of nitrogens with zero attached hydrogens (tertiary/aromatic N) is 2. The molecule has 1 aliphatic rings. The smallest absolute Gasteiger partial charge is 0.235 e. The van der Waals surface area contributed by atoms with Crippen molar-refractivity contribution in [1.82, 2.24) is 4.90 Å². The fourth-order valence-electron chi connectivity index (χ4n) is 3.99. The summed E-state index contributed by atoms with van der Waals surface area (Å²) in [6, 6.07) is 17.1. The second kappa shape index (κ2) is 9.68. The zero-order chi connectivity index (χ0) is 21.0. The van der Waals surface area contributed by atoms with Crippen LogP contribution in [0.3, 0.4) is 0 Å². The number of anilines is 1. The summed E-state index contributed by atoms with van der Waals surface area (Å²) in [4.78, 5) is 19.3. The highest BCUT2D eigenvalue weighted by Gasteiger charge is 2.32. The summed E-state index contributed by atoms with van der Waals surface area (Å²) >= 11 is 1.77. The number of ether oxygens (including phenoxy) is 1. The average Bonchev–Trinajstić information content (AvgIpc) is 2.84. The summed E-state index contributed by atoms with van der Waals surface area (Å²) in [5.74, 6) is 1.58. The highest BCUT2D eigenvalue weighted by atomic mass is 32.2. The first-order chi connectivity index (χ1) is 13.9. The van der Waals surface area contributed by atoms with Crippen LogP contribution in [0.5, 0.6) is 5.75 Å². The number of methoxy groups -OCH3 is 1. The van der Waals surface area contributed by atoms with E-state index in [0.29, 0.717) is 18.6 Å². The lowest BCUT2D eigenvalue weighted by molar-refractivity contribution is -0.119. The number of thioether (sulfide) groups is 1. The summed E-state index contributed by atoms with van der Waals surface area (Å²) in [7, 11) is 1.66. The molecule has 1 unspecified atom stereocenters. The lowest BCUT2D eigenvalue weighted by Crippen LogP contribution is -2.45. The lowest BCUT2D eigenvalue weighted by atomic mass is 9.99. The molecule has 2 aromatic rings. The van der Waals surface area contributed by atoms with E-state index in [-0.39, 0.29) is 11.8 Å². The first-order valence-electron chi connectivity index (χ1n) is 10.3. The minimum Gasteiger partial charge on any atom is -0.497 e. The van der Waals surface area contributed by atoms with Crippen LogP contribution in [0.4, 0.5) is 5.69 Å². The third-order valence-corrected chi connectivity index (χ3v) is 6.71. The number of carbonyl (C=O) groups is 1. The van der Waals surface area contributed by atoms with Crippen LogP contribution in [0.25, 0.3) is 0 Å². The van der Waals surface area contributed by atoms with Crippen molar-refractivity contribution < 1.29 is 9.53 Å². The molecule has 0 saturated heterocycles. The molecule has 156 valence electrons. The fourth-order valence-corrected chi connectivity index (χ4v) is 5.17. The molecule has 4 nitrogen and oxygen atoms in total. The van der Waals surface area contributed by atoms with E-state index < -0.39 is 0 Å². The molecule has 1 atom stereocenters. The Morgan fingerprint density at radius 2 is 1.72 bits per heavy atom. The van der Waals surface area contributed by atoms with Crippen LogP contribution in [-0.2, 0) is 4.79 Å². The van der Waals surface area contributed by atoms with Gasteiger partial charge in [0.05, 0.1) is 18.7 Å². The van der Waals surface area contributed by atoms with Crippen LogP contribution < -0.4 is 9.64 Å². The number of rotatable bonds is 7. The van der Waals surface area contributed by atoms with E-state index in [1.807, 2.05) is 35.2 Å². The Morgan fingerprint density at radius 1 is 1.07 bits per heavy atom. The van der Waals surface area contributed by atoms with Crippen molar-refractivity contribution in [3.8, 4) is 5.75 Å². The van der Waals surface area contributed by atoms with Crippen molar-refractivity contribution >= 4 is 23.4 Å². The molecular weight excluding hydrogens is 380 g/mol. The van der Waals surface area contributed by atoms with Crippen molar-refractivity contribution in [2.45, 2.75) is 50.6 Å². The molecular formula is C24H32N2O2S. The Morgan fingerprint density at radius 3 is 2.34 bits per heavy atom. The number of benzene rings is 2. The van der Waals surface area contributed by atoms with Gasteiger partial charge in [-0.1, -0.05) is 24.3 Å². The van der Waals surface area contributed by atoms with Crippen LogP contribution >= 0.6 is 11.8 Å². The minimum atomic E-state index is -0.162. The Kier molecular flexibility index (Phi) is 7.25. The maximum absolute atomic E-state index is 13.7. The lowest BCUT2D eigenvalue weighted by Gasteiger charge is -2.34. The standard InChI is InChI=1S/C24H32N2O2S/c1-17(2)25(18(3)4)14-15-26-22-8-6-7-9-23(22)29-16-21(24(26)27)19-10-12-20(28-5)13-11-19/h6-13,17-18,21H,14-16H2,1-5H3. The molecule has 0 saturated carbocycles. The van der Waals surface area contributed by atoms with Gasteiger partial charge < -0.3 is 9.64 Å². The largest absolute Gasteiger partial charge is 0.497 e. The van der Waals surface area contributed by atoms with Crippen LogP contribution in [0.2, 0.25) is 0 Å². The molecule has 0 spiro atoms. The van der Waals surface area contributed by atoms with Gasteiger partial charge in [0.15, 0.2) is 0 Å². The van der Waals surface area contributed by atoms with Crippen LogP contribution in [0, 0.1) is 0 Å². The number of hydrogen-bond donors (Lipinski definition) is 0. The zero-order valence-electron chi connectivity index (χ0n) is 18.1. The van der Waals surface area contributed by atoms with Crippen LogP contribution in [0.15, 0.2) is 53.4 Å². The fraction of sp³-hybridized carbons (Fsp3) is 0.458. The molecule has 1 amide bonds. The van der Waals surface area contributed by atoms with E-state index in [1.54, 1.807) is 18.9 Å². The highest BCUT2D eigenvalue weighted by molar-refractivity contribution is 7.99. The normalized spacial score (nSPS) is 17.0. The maximum Gasteiger partial charge on any atom is 0.235 e. The van der Waals surface area contributed by atoms with Crippen molar-refractivity contribution in [3.05, 3.63) is 54.1 Å². The second-order valence-electron chi connectivity index (χ2n) is 8.02. The number of fused-ring (bicyclic) bond motifs is 1. The third-order valence-electron chi connectivity index (χ3n) is 5.55. The Balaban J connectivity index is 1.90. The van der Waals surface area contributed by atoms with Crippen LogP contribution in [0.1, 0.15) is 39.2 Å². The van der Waals surface area contributed by atoms with Crippen LogP contribution in [-0.4, -0.2) is 48.8 Å². The molecule has 0 aromatic heterocycles. The van der Waals surface area contributed by atoms with Gasteiger partial charge in [-0.15, -0.1) is 11.8 Å². The predicted octanol–water partition coefficient (Wildman–Crippen LogP) is 5.04. The van der Waals surface area contributed by atoms with Crippen molar-refractivity contribution in [3.63, 3.8) is 0 Å². The predicted molar refractivity (Wildman–Crippen MR) is 122 cm³/mol. The summed E-state index contributed by atoms with van der Waals surface area (Å²) < 4.78 is 5.28. The van der Waals surface area contributed by atoms with Gasteiger partial charge in [-0.05, 0) is 57.5 Å². The van der Waals surface area contributed by atoms with Gasteiger partial charge in [0.1, 0.15) is 5.75 Å². The first kappa shape index (κ1) is 21.7. The van der Waals surface area contributed by atoms with E-state index in [1.165, 1.54) is 4.90 Å². The molecule has 5 heteroatoms. The SMILES string of the molecule is COc1ccc(C2CSc3ccccc3N(CCN(C(C)C)C(C)C)C2=O)cc1. The summed E-state index contributed by atoms with van der Waals surface area (Å²) in [6.07, 6.45) is 0. The number of para-hydroxylation sites is 1. The number of amides is 1. The highest BCUT2D eigenvalue weighted by Crippen LogP contribution is 2.39. The Hall–Kier alpha value is -1.98. The zero-order valence-corrected chi connectivity index (χ0v) is 18.9. The van der Waals surface area contributed by atoms with Gasteiger partial charge in [0.25, 0.3) is 0 Å². The molecule has 29 heavy (non-hydrogen) atoms. The minimum absolute atomic E-state index is 0.162. The molecule has 3 rings (SSSR count). The Labute approximate surface area is 179 Å². The van der Waals surface area contributed by atoms with Crippen molar-refractivity contribution in [2.24, 2.45) is 0 Å². The molecule has 0 N–H and O–H groups in total. The topological polar surface area (TPSA) is 32.8 Å². The number of hydrogen-bond acceptors (Lipinski definition) is 4. The van der Waals surface area contributed by atoms with Gasteiger partial charge in [-0.3, -0.25) is 9.69 Å². The molecule has 0 aliphatic carbocycles. The quantitative estimate of drug-likeness (QED) is 0.638. The van der Waals surface area contributed by atoms with E-state index in [2.05, 4.69) is 50.8 Å². The molecule has 0 fully saturated rings. The molecule has 0 bridgehead atoms. The average molecular weight is 413 g/mol. The molecule has 1 aliphatic heterocycles. The van der Waals surface area contributed by atoms with E-state index in [4.69, 9.17) is 4.74 Å². The molecule has 2 aromatic carbocycles. The first-order valence-corrected chi connectivity index (χ1v) is 11.3. The monoisotopic (exact) mass is 412 g/mol. The van der Waals surface area contributed by atoms with E-state index in [0.717, 1.165) is 29.3 Å². The van der Waals surface area contributed by atoms with Gasteiger partial charge in [0, 0.05) is 35.8 Å². The molecule has 1 heterocycles. The van der Waals surface area contributed by atoms with Crippen molar-refractivity contribution in [1.29, 1.82) is 0 Å². The summed E-state index contributed by atoms with van der Waals surface area (Å²) in [6.45, 7) is 10.4. The van der Waals surface area contributed by atoms with Gasteiger partial charge in [-0.2, -0.15) is 0 Å². The second-order valence-corrected chi connectivity index (χ2v) is 9.08. The summed E-state index contributed by atoms with van der Waals surface area (Å²) in [5, 5.41) is 0. The third kappa shape index (κ3) is 4.96. The van der Waals surface area contributed by atoms with Gasteiger partial charge in [-0.25, -0.2) is 0 Å². The van der Waals surface area contributed by atoms with Gasteiger partial charge >= 0.3 is 0 Å². The van der Waals surface area contributed by atoms with E-state index in [9.17, 15) is 4.79 Å². The Bertz CT molecular complexity index is 812. The van der Waals surface area contributed by atoms with Crippen molar-refractivity contribution in [2.75, 3.05) is 30.9 Å². The summed E-state index contributed by atoms with van der Waals surface area (Å²) in [5.41, 5.74) is 2.08. The van der Waals surface area contributed by atoms with E-state index >= 15 is 0 Å². The molecule has 0 radical (unpaired) electrons. The maximum atomic E-state index is 13.7. The van der Waals surface area contributed by atoms with Gasteiger partial charge in [0.2, 0.25) is 5.91 Å². The number of carbonyl (C=O) groups excluding carboxylic acids is 1.